The lowest BCUT2D eigenvalue weighted by atomic mass is 9.98. The number of carbonyl (C=O) groups excluding carboxylic acids is 1. The van der Waals surface area contributed by atoms with Gasteiger partial charge in [0.2, 0.25) is 5.89 Å². The fourth-order valence-electron chi connectivity index (χ4n) is 3.23. The van der Waals surface area contributed by atoms with Crippen molar-refractivity contribution in [3.8, 4) is 0 Å². The van der Waals surface area contributed by atoms with Crippen LogP contribution in [0.3, 0.4) is 0 Å². The van der Waals surface area contributed by atoms with Crippen molar-refractivity contribution >= 4 is 18.3 Å². The van der Waals surface area contributed by atoms with Gasteiger partial charge in [0.05, 0.1) is 5.54 Å². The highest BCUT2D eigenvalue weighted by molar-refractivity contribution is 5.94. The molecule has 1 heterocycles. The zero-order chi connectivity index (χ0) is 18.9. The zero-order valence-electron chi connectivity index (χ0n) is 15.2. The Kier molecular flexibility index (Phi) is 6.54. The highest BCUT2D eigenvalue weighted by atomic mass is 35.5. The lowest BCUT2D eigenvalue weighted by molar-refractivity contribution is 0.0905. The molecule has 1 aliphatic rings. The summed E-state index contributed by atoms with van der Waals surface area (Å²) in [4.78, 5) is 16.8. The van der Waals surface area contributed by atoms with Gasteiger partial charge < -0.3 is 15.6 Å². The second-order valence-corrected chi connectivity index (χ2v) is 7.11. The van der Waals surface area contributed by atoms with Crippen molar-refractivity contribution in [2.45, 2.75) is 51.1 Å². The van der Waals surface area contributed by atoms with E-state index in [1.54, 1.807) is 0 Å². The lowest BCUT2D eigenvalue weighted by Gasteiger charge is -2.20. The van der Waals surface area contributed by atoms with Gasteiger partial charge in [-0.05, 0) is 30.9 Å². The minimum atomic E-state index is -0.928. The summed E-state index contributed by atoms with van der Waals surface area (Å²) in [5, 5.41) is 6.57. The van der Waals surface area contributed by atoms with Crippen LogP contribution in [0, 0.1) is 17.6 Å². The molecule has 2 aromatic rings. The molecule has 1 atom stereocenters. The Morgan fingerprint density at radius 2 is 1.85 bits per heavy atom. The number of hydrogen-bond acceptors (Lipinski definition) is 5. The van der Waals surface area contributed by atoms with Gasteiger partial charge in [-0.15, -0.1) is 12.4 Å². The van der Waals surface area contributed by atoms with Crippen molar-refractivity contribution < 1.29 is 18.1 Å². The molecule has 27 heavy (non-hydrogen) atoms. The number of nitrogens with one attached hydrogen (secondary N) is 1. The molecular formula is C18H23ClF2N4O2. The lowest BCUT2D eigenvalue weighted by Crippen LogP contribution is -2.35. The maximum absolute atomic E-state index is 13.8. The summed E-state index contributed by atoms with van der Waals surface area (Å²) in [6, 6.07) is 2.58. The van der Waals surface area contributed by atoms with Crippen LogP contribution in [0.25, 0.3) is 0 Å². The Balaban J connectivity index is 0.00000261. The van der Waals surface area contributed by atoms with E-state index in [1.165, 1.54) is 6.07 Å². The maximum Gasteiger partial charge on any atom is 0.257 e. The first-order valence-electron chi connectivity index (χ1n) is 8.69. The van der Waals surface area contributed by atoms with Crippen LogP contribution in [0.15, 0.2) is 22.7 Å². The Labute approximate surface area is 162 Å². The molecule has 1 unspecified atom stereocenters. The van der Waals surface area contributed by atoms with Crippen LogP contribution in [0.5, 0.6) is 0 Å². The molecule has 9 heteroatoms. The minimum absolute atomic E-state index is 0. The van der Waals surface area contributed by atoms with E-state index in [4.69, 9.17) is 10.3 Å². The molecule has 1 aromatic heterocycles. The van der Waals surface area contributed by atoms with E-state index < -0.39 is 34.7 Å². The number of hydrogen-bond donors (Lipinski definition) is 2. The first kappa shape index (κ1) is 21.2. The van der Waals surface area contributed by atoms with Crippen LogP contribution >= 0.6 is 12.4 Å². The average molecular weight is 401 g/mol. The Morgan fingerprint density at radius 1 is 1.26 bits per heavy atom. The van der Waals surface area contributed by atoms with Crippen LogP contribution in [0.4, 0.5) is 8.78 Å². The molecule has 0 bridgehead atoms. The van der Waals surface area contributed by atoms with E-state index in [2.05, 4.69) is 15.5 Å². The molecule has 0 aliphatic heterocycles. The van der Waals surface area contributed by atoms with Gasteiger partial charge in [0.25, 0.3) is 5.91 Å². The van der Waals surface area contributed by atoms with E-state index in [0.29, 0.717) is 5.82 Å². The van der Waals surface area contributed by atoms with Crippen LogP contribution < -0.4 is 11.1 Å². The van der Waals surface area contributed by atoms with Crippen molar-refractivity contribution in [3.05, 3.63) is 47.1 Å². The largest absolute Gasteiger partial charge is 0.340 e. The fraction of sp³-hybridized carbons (Fsp3) is 0.500. The molecule has 3 N–H and O–H groups in total. The smallest absolute Gasteiger partial charge is 0.257 e. The van der Waals surface area contributed by atoms with Gasteiger partial charge in [0, 0.05) is 0 Å². The van der Waals surface area contributed by atoms with E-state index in [1.807, 2.05) is 13.8 Å². The number of nitrogens with zero attached hydrogens (tertiary/aromatic N) is 2. The Hall–Kier alpha value is -2.06. The van der Waals surface area contributed by atoms with Gasteiger partial charge in [0.1, 0.15) is 23.2 Å². The first-order chi connectivity index (χ1) is 12.3. The van der Waals surface area contributed by atoms with Crippen LogP contribution in [-0.2, 0) is 5.54 Å². The third-order valence-corrected chi connectivity index (χ3v) is 4.79. The Morgan fingerprint density at radius 3 is 2.41 bits per heavy atom. The topological polar surface area (TPSA) is 94.0 Å². The number of benzene rings is 1. The highest BCUT2D eigenvalue weighted by Crippen LogP contribution is 2.35. The molecular weight excluding hydrogens is 378 g/mol. The number of aromatic nitrogens is 2. The molecule has 0 spiro atoms. The third-order valence-electron chi connectivity index (χ3n) is 4.79. The monoisotopic (exact) mass is 400 g/mol. The SMILES string of the molecule is CC(C)C(NC(=O)c1c(F)cccc1F)c1nc(C2(N)CCCC2)no1.Cl. The highest BCUT2D eigenvalue weighted by Gasteiger charge is 2.37. The molecule has 148 valence electrons. The van der Waals surface area contributed by atoms with Crippen molar-refractivity contribution in [1.82, 2.24) is 15.5 Å². The molecule has 1 saturated carbocycles. The quantitative estimate of drug-likeness (QED) is 0.799. The van der Waals surface area contributed by atoms with E-state index in [-0.39, 0.29) is 24.2 Å². The number of nitrogens with two attached hydrogens (primary N) is 1. The summed E-state index contributed by atoms with van der Waals surface area (Å²) < 4.78 is 33.0. The number of halogens is 3. The second kappa shape index (κ2) is 8.31. The van der Waals surface area contributed by atoms with Crippen molar-refractivity contribution in [3.63, 3.8) is 0 Å². The van der Waals surface area contributed by atoms with Gasteiger partial charge in [-0.25, -0.2) is 8.78 Å². The van der Waals surface area contributed by atoms with Gasteiger partial charge in [-0.2, -0.15) is 4.98 Å². The molecule has 1 amide bonds. The van der Waals surface area contributed by atoms with Crippen molar-refractivity contribution in [2.75, 3.05) is 0 Å². The summed E-state index contributed by atoms with van der Waals surface area (Å²) in [5.74, 6) is -2.29. The molecule has 1 aliphatic carbocycles. The standard InChI is InChI=1S/C18H22F2N4O2.ClH/c1-10(2)14(22-15(25)13-11(19)6-5-7-12(13)20)16-23-17(24-26-16)18(21)8-3-4-9-18;/h5-7,10,14H,3-4,8-9,21H2,1-2H3,(H,22,25);1H. The van der Waals surface area contributed by atoms with Crippen molar-refractivity contribution in [2.24, 2.45) is 11.7 Å². The summed E-state index contributed by atoms with van der Waals surface area (Å²) in [7, 11) is 0. The first-order valence-corrected chi connectivity index (χ1v) is 8.69. The molecule has 0 radical (unpaired) electrons. The second-order valence-electron chi connectivity index (χ2n) is 7.11. The number of rotatable bonds is 5. The fourth-order valence-corrected chi connectivity index (χ4v) is 3.23. The minimum Gasteiger partial charge on any atom is -0.340 e. The van der Waals surface area contributed by atoms with E-state index in [0.717, 1.165) is 37.8 Å². The zero-order valence-corrected chi connectivity index (χ0v) is 16.0. The average Bonchev–Trinajstić information content (AvgIpc) is 3.22. The molecule has 0 saturated heterocycles. The van der Waals surface area contributed by atoms with Gasteiger partial charge in [-0.3, -0.25) is 4.79 Å². The van der Waals surface area contributed by atoms with E-state index in [9.17, 15) is 13.6 Å². The van der Waals surface area contributed by atoms with E-state index >= 15 is 0 Å². The number of amides is 1. The maximum atomic E-state index is 13.8. The molecule has 1 aromatic carbocycles. The van der Waals surface area contributed by atoms with Crippen LogP contribution in [0.1, 0.15) is 67.6 Å². The van der Waals surface area contributed by atoms with Gasteiger partial charge in [0.15, 0.2) is 5.82 Å². The summed E-state index contributed by atoms with van der Waals surface area (Å²) >= 11 is 0. The van der Waals surface area contributed by atoms with Gasteiger partial charge in [-0.1, -0.05) is 37.9 Å². The summed E-state index contributed by atoms with van der Waals surface area (Å²) in [6.07, 6.45) is 3.53. The van der Waals surface area contributed by atoms with Crippen molar-refractivity contribution in [1.29, 1.82) is 0 Å². The summed E-state index contributed by atoms with van der Waals surface area (Å²) in [6.45, 7) is 3.67. The molecule has 6 nitrogen and oxygen atoms in total. The normalized spacial score (nSPS) is 16.8. The van der Waals surface area contributed by atoms with Crippen LogP contribution in [0.2, 0.25) is 0 Å². The van der Waals surface area contributed by atoms with Gasteiger partial charge >= 0.3 is 0 Å². The Bertz CT molecular complexity index is 786. The molecule has 1 fully saturated rings. The summed E-state index contributed by atoms with van der Waals surface area (Å²) in [5.41, 5.74) is 5.08. The van der Waals surface area contributed by atoms with Crippen LogP contribution in [-0.4, -0.2) is 16.0 Å². The predicted molar refractivity (Wildman–Crippen MR) is 97.3 cm³/mol. The molecule has 3 rings (SSSR count). The third kappa shape index (κ3) is 4.27. The predicted octanol–water partition coefficient (Wildman–Crippen LogP) is 3.62. The number of carbonyl (C=O) groups is 1.